The minimum atomic E-state index is -2.47. The molecule has 0 N–H and O–H groups in total. The second-order valence-corrected chi connectivity index (χ2v) is 53.6. The molecule has 2 atom stereocenters. The molecule has 0 fully saturated rings. The summed E-state index contributed by atoms with van der Waals surface area (Å²) in [5, 5.41) is 0. The fourth-order valence-corrected chi connectivity index (χ4v) is 78.4. The maximum Gasteiger partial charge on any atom is -1.00 e. The summed E-state index contributed by atoms with van der Waals surface area (Å²) in [7, 11) is 0. The number of hydrogen-bond donors (Lipinski definition) is 0. The van der Waals surface area contributed by atoms with Gasteiger partial charge in [-0.25, -0.2) is 0 Å². The first-order valence-electron chi connectivity index (χ1n) is 9.61. The summed E-state index contributed by atoms with van der Waals surface area (Å²) in [5.74, 6) is -1.47. The van der Waals surface area contributed by atoms with Crippen molar-refractivity contribution in [1.29, 1.82) is 0 Å². The van der Waals surface area contributed by atoms with Crippen molar-refractivity contribution >= 4 is 24.0 Å². The molecule has 2 aliphatic carbocycles. The van der Waals surface area contributed by atoms with Crippen LogP contribution in [0.15, 0.2) is 60.7 Å². The predicted molar refractivity (Wildman–Crippen MR) is 114 cm³/mol. The minimum Gasteiger partial charge on any atom is -1.00 e. The van der Waals surface area contributed by atoms with Gasteiger partial charge in [0.15, 0.2) is 0 Å². The summed E-state index contributed by atoms with van der Waals surface area (Å²) in [6.07, 6.45) is 10.1. The van der Waals surface area contributed by atoms with E-state index < -0.39 is 30.4 Å². The molecular formula is C22H28Cl2Si2Zr-2. The number of rotatable bonds is 4. The predicted octanol–water partition coefficient (Wildman–Crippen LogP) is -0.349. The van der Waals surface area contributed by atoms with Crippen LogP contribution >= 0.6 is 0 Å². The first-order valence-corrected chi connectivity index (χ1v) is 26.7. The standard InChI is InChI=1S/2C9H7.2C2H7Si.2ClH.Zr/c2*1-2-5-9-7-3-6-8(9)4-1;2*1-3-2;;;/h2*1-7H;2*3H,1-2H3;2*1H;/p-2. The fraction of sp³-hybridized carbons (Fsp3) is 0.273. The van der Waals surface area contributed by atoms with Crippen molar-refractivity contribution in [2.45, 2.75) is 33.4 Å². The summed E-state index contributed by atoms with van der Waals surface area (Å²) < 4.78 is 1.59. The third kappa shape index (κ3) is 3.60. The van der Waals surface area contributed by atoms with E-state index in [-0.39, 0.29) is 24.8 Å². The molecule has 5 heteroatoms. The van der Waals surface area contributed by atoms with E-state index in [0.29, 0.717) is 0 Å². The van der Waals surface area contributed by atoms with Gasteiger partial charge in [0.25, 0.3) is 0 Å². The molecule has 2 unspecified atom stereocenters. The Morgan fingerprint density at radius 1 is 0.630 bits per heavy atom. The van der Waals surface area contributed by atoms with Gasteiger partial charge in [-0.3, -0.25) is 0 Å². The van der Waals surface area contributed by atoms with Crippen LogP contribution in [0.25, 0.3) is 12.2 Å². The molecule has 0 amide bonds. The Morgan fingerprint density at radius 2 is 1.00 bits per heavy atom. The van der Waals surface area contributed by atoms with Gasteiger partial charge in [-0.15, -0.1) is 0 Å². The second-order valence-electron chi connectivity index (χ2n) is 8.24. The summed E-state index contributed by atoms with van der Waals surface area (Å²) in [6, 6.07) is 18.4. The Morgan fingerprint density at radius 3 is 1.37 bits per heavy atom. The van der Waals surface area contributed by atoms with E-state index in [1.807, 2.05) is 0 Å². The molecule has 27 heavy (non-hydrogen) atoms. The molecule has 2 aromatic rings. The molecule has 0 radical (unpaired) electrons. The van der Waals surface area contributed by atoms with Crippen LogP contribution in [0.2, 0.25) is 26.2 Å². The van der Waals surface area contributed by atoms with Gasteiger partial charge in [-0.05, 0) is 0 Å². The maximum absolute atomic E-state index is 2.69. The molecule has 0 aliphatic heterocycles. The van der Waals surface area contributed by atoms with Crippen molar-refractivity contribution in [1.82, 2.24) is 0 Å². The Bertz CT molecular complexity index is 789. The molecule has 4 rings (SSSR count). The van der Waals surface area contributed by atoms with Crippen molar-refractivity contribution in [3.8, 4) is 0 Å². The molecule has 0 aromatic heterocycles. The smallest absolute Gasteiger partial charge is 1.00 e. The second kappa shape index (κ2) is 9.09. The van der Waals surface area contributed by atoms with Crippen LogP contribution in [0.3, 0.4) is 0 Å². The monoisotopic (exact) mass is 508 g/mol. The van der Waals surface area contributed by atoms with Gasteiger partial charge >= 0.3 is 159 Å². The molecule has 0 saturated carbocycles. The molecule has 2 aromatic carbocycles. The van der Waals surface area contributed by atoms with Crippen LogP contribution in [0, 0.1) is 0 Å². The van der Waals surface area contributed by atoms with Gasteiger partial charge in [-0.1, -0.05) is 0 Å². The van der Waals surface area contributed by atoms with Gasteiger partial charge in [0.1, 0.15) is 0 Å². The van der Waals surface area contributed by atoms with E-state index in [0.717, 1.165) is 7.25 Å². The third-order valence-electron chi connectivity index (χ3n) is 6.68. The Labute approximate surface area is 182 Å². The van der Waals surface area contributed by atoms with Crippen LogP contribution in [0.1, 0.15) is 29.5 Å². The Kier molecular flexibility index (Phi) is 7.78. The molecule has 0 spiro atoms. The molecule has 0 saturated heterocycles. The van der Waals surface area contributed by atoms with E-state index in [9.17, 15) is 0 Å². The van der Waals surface area contributed by atoms with Crippen molar-refractivity contribution in [3.05, 3.63) is 82.9 Å². The van der Waals surface area contributed by atoms with Gasteiger partial charge in [0, 0.05) is 0 Å². The van der Waals surface area contributed by atoms with E-state index in [4.69, 9.17) is 0 Å². The number of benzene rings is 2. The first-order chi connectivity index (χ1) is 12.1. The van der Waals surface area contributed by atoms with Crippen LogP contribution in [-0.4, -0.2) is 11.8 Å². The first kappa shape index (κ1) is 23.1. The largest absolute Gasteiger partial charge is 1.00 e. The van der Waals surface area contributed by atoms with Gasteiger partial charge in [0.05, 0.1) is 0 Å². The van der Waals surface area contributed by atoms with Crippen LogP contribution in [0.5, 0.6) is 0 Å². The van der Waals surface area contributed by atoms with E-state index in [1.54, 1.807) is 11.1 Å². The Hall–Kier alpha value is -0.183. The SMILES string of the molecule is C[SiH](C)[Zr]([CH]1C=Cc2ccccc21)([CH]1C=Cc2ccccc21)[SiH](C)C.[Cl-].[Cl-]. The van der Waals surface area contributed by atoms with Crippen LogP contribution < -0.4 is 24.8 Å². The normalized spacial score (nSPS) is 19.6. The molecule has 2 aliphatic rings. The topological polar surface area (TPSA) is 0 Å². The third-order valence-corrected chi connectivity index (χ3v) is 80.1. The van der Waals surface area contributed by atoms with E-state index in [1.165, 1.54) is 11.1 Å². The van der Waals surface area contributed by atoms with Gasteiger partial charge in [-0.2, -0.15) is 0 Å². The number of fused-ring (bicyclic) bond motifs is 2. The quantitative estimate of drug-likeness (QED) is 0.494. The molecular weight excluding hydrogens is 483 g/mol. The summed E-state index contributed by atoms with van der Waals surface area (Å²) in [6.45, 7) is 10.7. The zero-order chi connectivity index (χ0) is 17.6. The molecule has 0 nitrogen and oxygen atoms in total. The van der Waals surface area contributed by atoms with E-state index in [2.05, 4.69) is 99.0 Å². The van der Waals surface area contributed by atoms with Crippen molar-refractivity contribution in [2.24, 2.45) is 0 Å². The van der Waals surface area contributed by atoms with Crippen molar-refractivity contribution in [3.63, 3.8) is 0 Å². The zero-order valence-corrected chi connectivity index (χ0v) is 22.8. The van der Waals surface area contributed by atoms with E-state index >= 15 is 0 Å². The van der Waals surface area contributed by atoms with Crippen molar-refractivity contribution < 1.29 is 43.4 Å². The summed E-state index contributed by atoms with van der Waals surface area (Å²) in [5.41, 5.74) is 6.32. The number of halogens is 2. The maximum atomic E-state index is 2.69. The van der Waals surface area contributed by atoms with Gasteiger partial charge < -0.3 is 24.8 Å². The Balaban J connectivity index is 0.00000131. The number of hydrogen-bond acceptors (Lipinski definition) is 0. The number of allylic oxidation sites excluding steroid dienone is 2. The minimum absolute atomic E-state index is 0. The molecule has 144 valence electrons. The molecule has 0 bridgehead atoms. The average molecular weight is 511 g/mol. The zero-order valence-electron chi connectivity index (χ0n) is 16.5. The average Bonchev–Trinajstić information content (AvgIpc) is 3.21. The fourth-order valence-electron chi connectivity index (χ4n) is 5.67. The van der Waals surface area contributed by atoms with Crippen LogP contribution in [-0.2, 0) is 18.6 Å². The summed E-state index contributed by atoms with van der Waals surface area (Å²) >= 11 is -2.47. The van der Waals surface area contributed by atoms with Gasteiger partial charge in [0.2, 0.25) is 0 Å². The molecule has 0 heterocycles. The van der Waals surface area contributed by atoms with Crippen LogP contribution in [0.4, 0.5) is 0 Å². The van der Waals surface area contributed by atoms with Crippen molar-refractivity contribution in [2.75, 3.05) is 0 Å². The summed E-state index contributed by atoms with van der Waals surface area (Å²) in [4.78, 5) is 0.